The largest absolute Gasteiger partial charge is 0.386 e. The van der Waals surface area contributed by atoms with Crippen molar-refractivity contribution in [1.82, 2.24) is 15.3 Å². The summed E-state index contributed by atoms with van der Waals surface area (Å²) in [5, 5.41) is 12.1. The molecule has 1 heterocycles. The van der Waals surface area contributed by atoms with Gasteiger partial charge in [0, 0.05) is 12.2 Å². The molecule has 23 heavy (non-hydrogen) atoms. The minimum Gasteiger partial charge on any atom is -0.386 e. The molecule has 0 aliphatic heterocycles. The fourth-order valence-electron chi connectivity index (χ4n) is 1.98. The third kappa shape index (κ3) is 3.59. The molecular formula is C15H15F2N3O3. The summed E-state index contributed by atoms with van der Waals surface area (Å²) >= 11 is 0. The molecule has 6 nitrogen and oxygen atoms in total. The van der Waals surface area contributed by atoms with Crippen LogP contribution in [0.25, 0.3) is 0 Å². The quantitative estimate of drug-likeness (QED) is 0.786. The summed E-state index contributed by atoms with van der Waals surface area (Å²) in [6.45, 7) is 2.78. The molecule has 0 aliphatic carbocycles. The van der Waals surface area contributed by atoms with E-state index < -0.39 is 41.3 Å². The second kappa shape index (κ2) is 6.66. The average molecular weight is 323 g/mol. The molecular weight excluding hydrogens is 308 g/mol. The number of carbonyl (C=O) groups is 1. The van der Waals surface area contributed by atoms with Gasteiger partial charge < -0.3 is 15.4 Å². The van der Waals surface area contributed by atoms with Crippen LogP contribution in [0.1, 0.15) is 33.5 Å². The highest BCUT2D eigenvalue weighted by molar-refractivity contribution is 5.91. The molecule has 1 amide bonds. The first-order valence-electron chi connectivity index (χ1n) is 6.79. The third-order valence-electron chi connectivity index (χ3n) is 3.34. The van der Waals surface area contributed by atoms with Crippen LogP contribution in [-0.2, 0) is 0 Å². The number of benzene rings is 1. The molecule has 0 saturated heterocycles. The van der Waals surface area contributed by atoms with Crippen molar-refractivity contribution in [2.45, 2.75) is 20.0 Å². The van der Waals surface area contributed by atoms with Gasteiger partial charge in [-0.15, -0.1) is 0 Å². The minimum atomic E-state index is -1.59. The molecule has 0 saturated carbocycles. The summed E-state index contributed by atoms with van der Waals surface area (Å²) < 4.78 is 27.1. The summed E-state index contributed by atoms with van der Waals surface area (Å²) in [5.74, 6) is -2.69. The van der Waals surface area contributed by atoms with E-state index in [0.717, 1.165) is 18.2 Å². The number of carbonyl (C=O) groups excluding carboxylic acids is 1. The number of aryl methyl sites for hydroxylation is 2. The minimum absolute atomic E-state index is 0.380. The maximum atomic E-state index is 13.5. The Balaban J connectivity index is 2.13. The van der Waals surface area contributed by atoms with Crippen LogP contribution in [0.4, 0.5) is 8.78 Å². The van der Waals surface area contributed by atoms with E-state index in [-0.39, 0.29) is 5.69 Å². The first kappa shape index (κ1) is 16.8. The number of halogens is 2. The number of hydrogen-bond donors (Lipinski definition) is 3. The molecule has 2 rings (SSSR count). The number of nitrogens with one attached hydrogen (secondary N) is 2. The van der Waals surface area contributed by atoms with Gasteiger partial charge in [0.25, 0.3) is 11.5 Å². The summed E-state index contributed by atoms with van der Waals surface area (Å²) in [5.41, 5.74) is -0.614. The van der Waals surface area contributed by atoms with Crippen LogP contribution in [0.3, 0.4) is 0 Å². The fourth-order valence-corrected chi connectivity index (χ4v) is 1.98. The molecule has 1 unspecified atom stereocenters. The molecule has 1 atom stereocenters. The lowest BCUT2D eigenvalue weighted by molar-refractivity contribution is 0.0904. The Morgan fingerprint density at radius 1 is 1.35 bits per heavy atom. The Labute approximate surface area is 130 Å². The second-order valence-electron chi connectivity index (χ2n) is 4.99. The standard InChI is InChI=1S/C15H15F2N3O3/c1-7-8(2)20-15(23)13(19-7)14(22)18-6-11(21)12-9(16)4-3-5-10(12)17/h3-5,11,21H,6H2,1-2H3,(H,18,22)(H,20,23). The smallest absolute Gasteiger partial charge is 0.279 e. The van der Waals surface area contributed by atoms with Crippen LogP contribution in [0.5, 0.6) is 0 Å². The van der Waals surface area contributed by atoms with Crippen LogP contribution >= 0.6 is 0 Å². The molecule has 0 fully saturated rings. The number of aromatic nitrogens is 2. The summed E-state index contributed by atoms with van der Waals surface area (Å²) in [6.07, 6.45) is -1.59. The highest BCUT2D eigenvalue weighted by atomic mass is 19.1. The number of hydrogen-bond acceptors (Lipinski definition) is 4. The zero-order chi connectivity index (χ0) is 17.1. The Morgan fingerprint density at radius 3 is 2.57 bits per heavy atom. The van der Waals surface area contributed by atoms with Crippen molar-refractivity contribution >= 4 is 5.91 Å². The monoisotopic (exact) mass is 323 g/mol. The molecule has 3 N–H and O–H groups in total. The summed E-state index contributed by atoms with van der Waals surface area (Å²) in [7, 11) is 0. The maximum Gasteiger partial charge on any atom is 0.279 e. The lowest BCUT2D eigenvalue weighted by Crippen LogP contribution is -2.34. The second-order valence-corrected chi connectivity index (χ2v) is 4.99. The maximum absolute atomic E-state index is 13.5. The first-order valence-corrected chi connectivity index (χ1v) is 6.79. The van der Waals surface area contributed by atoms with Crippen LogP contribution in [0.15, 0.2) is 23.0 Å². The van der Waals surface area contributed by atoms with E-state index in [9.17, 15) is 23.5 Å². The van der Waals surface area contributed by atoms with Crippen molar-refractivity contribution < 1.29 is 18.7 Å². The van der Waals surface area contributed by atoms with Gasteiger partial charge in [-0.25, -0.2) is 13.8 Å². The predicted molar refractivity (Wildman–Crippen MR) is 78.0 cm³/mol. The topological polar surface area (TPSA) is 95.1 Å². The zero-order valence-electron chi connectivity index (χ0n) is 12.5. The molecule has 2 aromatic rings. The SMILES string of the molecule is Cc1nc(C(=O)NCC(O)c2c(F)cccc2F)c(=O)[nH]c1C. The molecule has 8 heteroatoms. The predicted octanol–water partition coefficient (Wildman–Crippen LogP) is 1.13. The Morgan fingerprint density at radius 2 is 1.96 bits per heavy atom. The van der Waals surface area contributed by atoms with E-state index in [1.807, 2.05) is 0 Å². The van der Waals surface area contributed by atoms with Crippen LogP contribution in [-0.4, -0.2) is 27.5 Å². The third-order valence-corrected chi connectivity index (χ3v) is 3.34. The number of nitrogens with zero attached hydrogens (tertiary/aromatic N) is 1. The molecule has 1 aromatic carbocycles. The van der Waals surface area contributed by atoms with E-state index in [0.29, 0.717) is 11.4 Å². The van der Waals surface area contributed by atoms with E-state index in [1.54, 1.807) is 13.8 Å². The van der Waals surface area contributed by atoms with E-state index >= 15 is 0 Å². The number of aliphatic hydroxyl groups is 1. The van der Waals surface area contributed by atoms with Gasteiger partial charge in [0.05, 0.1) is 11.3 Å². The van der Waals surface area contributed by atoms with Crippen molar-refractivity contribution in [3.63, 3.8) is 0 Å². The molecule has 0 radical (unpaired) electrons. The first-order chi connectivity index (χ1) is 10.8. The molecule has 122 valence electrons. The van der Waals surface area contributed by atoms with Gasteiger partial charge in [-0.1, -0.05) is 6.07 Å². The summed E-state index contributed by atoms with van der Waals surface area (Å²) in [4.78, 5) is 30.0. The van der Waals surface area contributed by atoms with Crippen molar-refractivity contribution in [2.24, 2.45) is 0 Å². The van der Waals surface area contributed by atoms with Gasteiger partial charge >= 0.3 is 0 Å². The van der Waals surface area contributed by atoms with Crippen molar-refractivity contribution in [2.75, 3.05) is 6.54 Å². The molecule has 0 spiro atoms. The van der Waals surface area contributed by atoms with Crippen LogP contribution < -0.4 is 10.9 Å². The Kier molecular flexibility index (Phi) is 4.85. The average Bonchev–Trinajstić information content (AvgIpc) is 2.48. The zero-order valence-corrected chi connectivity index (χ0v) is 12.5. The molecule has 0 aliphatic rings. The fraction of sp³-hybridized carbons (Fsp3) is 0.267. The highest BCUT2D eigenvalue weighted by Crippen LogP contribution is 2.19. The van der Waals surface area contributed by atoms with Gasteiger partial charge in [0.1, 0.15) is 17.7 Å². The number of rotatable bonds is 4. The molecule has 1 aromatic heterocycles. The van der Waals surface area contributed by atoms with Crippen molar-refractivity contribution in [3.05, 3.63) is 62.8 Å². The van der Waals surface area contributed by atoms with Crippen molar-refractivity contribution in [1.29, 1.82) is 0 Å². The van der Waals surface area contributed by atoms with Crippen molar-refractivity contribution in [3.8, 4) is 0 Å². The molecule has 0 bridgehead atoms. The Bertz CT molecular complexity index is 785. The van der Waals surface area contributed by atoms with E-state index in [2.05, 4.69) is 15.3 Å². The van der Waals surface area contributed by atoms with Crippen LogP contribution in [0, 0.1) is 25.5 Å². The van der Waals surface area contributed by atoms with Crippen LogP contribution in [0.2, 0.25) is 0 Å². The number of H-pyrrole nitrogens is 1. The number of aliphatic hydroxyl groups excluding tert-OH is 1. The van der Waals surface area contributed by atoms with Gasteiger partial charge in [-0.3, -0.25) is 9.59 Å². The van der Waals surface area contributed by atoms with E-state index in [4.69, 9.17) is 0 Å². The van der Waals surface area contributed by atoms with Gasteiger partial charge in [-0.2, -0.15) is 0 Å². The lowest BCUT2D eigenvalue weighted by atomic mass is 10.1. The van der Waals surface area contributed by atoms with Gasteiger partial charge in [-0.05, 0) is 26.0 Å². The lowest BCUT2D eigenvalue weighted by Gasteiger charge is -2.13. The number of amides is 1. The van der Waals surface area contributed by atoms with Gasteiger partial charge in [0.15, 0.2) is 5.69 Å². The van der Waals surface area contributed by atoms with E-state index in [1.165, 1.54) is 0 Å². The van der Waals surface area contributed by atoms with Gasteiger partial charge in [0.2, 0.25) is 0 Å². The number of aromatic amines is 1. The summed E-state index contributed by atoms with van der Waals surface area (Å²) in [6, 6.07) is 3.16. The normalized spacial score (nSPS) is 12.0. The highest BCUT2D eigenvalue weighted by Gasteiger charge is 2.20. The Hall–Kier alpha value is -2.61.